The van der Waals surface area contributed by atoms with Gasteiger partial charge in [0.05, 0.1) is 13.5 Å². The molecule has 2 aromatic rings. The van der Waals surface area contributed by atoms with Crippen LogP contribution >= 0.6 is 0 Å². The highest BCUT2D eigenvalue weighted by atomic mass is 19.1. The molecule has 0 aromatic heterocycles. The second-order valence-corrected chi connectivity index (χ2v) is 5.39. The lowest BCUT2D eigenvalue weighted by molar-refractivity contribution is -0.145. The van der Waals surface area contributed by atoms with E-state index >= 15 is 0 Å². The molecular weight excluding hydrogens is 335 g/mol. The fraction of sp³-hybridized carbons (Fsp3) is 0.222. The quantitative estimate of drug-likeness (QED) is 0.814. The van der Waals surface area contributed by atoms with Crippen LogP contribution in [0.5, 0.6) is 0 Å². The third-order valence-corrected chi connectivity index (χ3v) is 3.54. The van der Waals surface area contributed by atoms with Crippen molar-refractivity contribution in [3.05, 3.63) is 71.0 Å². The molecule has 0 radical (unpaired) electrons. The molecule has 1 atom stereocenters. The SMILES string of the molecule is COC(=O)[C@@H](Cc1ccc(F)cc1)NC(=O)Cc1ccc(F)cc1F. The van der Waals surface area contributed by atoms with E-state index in [4.69, 9.17) is 0 Å². The molecule has 0 aliphatic carbocycles. The Bertz CT molecular complexity index is 763. The molecule has 0 unspecified atom stereocenters. The lowest BCUT2D eigenvalue weighted by atomic mass is 10.0. The summed E-state index contributed by atoms with van der Waals surface area (Å²) in [6.07, 6.45) is -0.270. The van der Waals surface area contributed by atoms with E-state index in [2.05, 4.69) is 10.1 Å². The first-order chi connectivity index (χ1) is 11.9. The Morgan fingerprint density at radius 1 is 1.04 bits per heavy atom. The van der Waals surface area contributed by atoms with Crippen molar-refractivity contribution in [3.63, 3.8) is 0 Å². The Balaban J connectivity index is 2.06. The van der Waals surface area contributed by atoms with Crippen LogP contribution in [0.25, 0.3) is 0 Å². The summed E-state index contributed by atoms with van der Waals surface area (Å²) < 4.78 is 44.1. The zero-order chi connectivity index (χ0) is 18.4. The minimum atomic E-state index is -1.01. The molecule has 0 fully saturated rings. The maximum atomic E-state index is 13.6. The lowest BCUT2D eigenvalue weighted by Gasteiger charge is -2.17. The summed E-state index contributed by atoms with van der Waals surface area (Å²) in [6.45, 7) is 0. The first-order valence-corrected chi connectivity index (χ1v) is 7.44. The van der Waals surface area contributed by atoms with Gasteiger partial charge in [0.1, 0.15) is 23.5 Å². The van der Waals surface area contributed by atoms with Gasteiger partial charge in [-0.25, -0.2) is 18.0 Å². The van der Waals surface area contributed by atoms with Crippen LogP contribution < -0.4 is 5.32 Å². The molecule has 0 spiro atoms. The maximum absolute atomic E-state index is 13.6. The van der Waals surface area contributed by atoms with Crippen molar-refractivity contribution >= 4 is 11.9 Å². The third-order valence-electron chi connectivity index (χ3n) is 3.54. The Kier molecular flexibility index (Phi) is 6.16. The van der Waals surface area contributed by atoms with Gasteiger partial charge in [0, 0.05) is 12.5 Å². The Labute approximate surface area is 142 Å². The fourth-order valence-corrected chi connectivity index (χ4v) is 2.28. The molecule has 2 aromatic carbocycles. The molecule has 0 bridgehead atoms. The van der Waals surface area contributed by atoms with Crippen molar-refractivity contribution in [2.24, 2.45) is 0 Å². The number of amides is 1. The van der Waals surface area contributed by atoms with Gasteiger partial charge < -0.3 is 10.1 Å². The highest BCUT2D eigenvalue weighted by Gasteiger charge is 2.22. The van der Waals surface area contributed by atoms with Crippen LogP contribution in [0.3, 0.4) is 0 Å². The van der Waals surface area contributed by atoms with Crippen molar-refractivity contribution in [2.75, 3.05) is 7.11 Å². The number of halogens is 3. The number of ether oxygens (including phenoxy) is 1. The van der Waals surface area contributed by atoms with Gasteiger partial charge in [-0.1, -0.05) is 18.2 Å². The summed E-state index contributed by atoms with van der Waals surface area (Å²) in [5.41, 5.74) is 0.620. The second-order valence-electron chi connectivity index (χ2n) is 5.39. The molecule has 0 aliphatic heterocycles. The van der Waals surface area contributed by atoms with Crippen LogP contribution in [0.15, 0.2) is 42.5 Å². The standard InChI is InChI=1S/C18H16F3NO3/c1-25-18(24)16(8-11-2-5-13(19)6-3-11)22-17(23)9-12-4-7-14(20)10-15(12)21/h2-7,10,16H,8-9H2,1H3,(H,22,23)/t16-/m1/s1. The largest absolute Gasteiger partial charge is 0.467 e. The minimum absolute atomic E-state index is 0.00398. The summed E-state index contributed by atoms with van der Waals surface area (Å²) >= 11 is 0. The van der Waals surface area contributed by atoms with E-state index in [1.54, 1.807) is 0 Å². The average molecular weight is 351 g/mol. The predicted octanol–water partition coefficient (Wildman–Crippen LogP) is 2.55. The number of hydrogen-bond donors (Lipinski definition) is 1. The second kappa shape index (κ2) is 8.32. The number of hydrogen-bond acceptors (Lipinski definition) is 3. The van der Waals surface area contributed by atoms with Gasteiger partial charge in [0.25, 0.3) is 0 Å². The van der Waals surface area contributed by atoms with Crippen LogP contribution in [-0.2, 0) is 27.2 Å². The molecule has 1 N–H and O–H groups in total. The van der Waals surface area contributed by atoms with Crippen molar-refractivity contribution in [3.8, 4) is 0 Å². The van der Waals surface area contributed by atoms with Gasteiger partial charge in [-0.3, -0.25) is 4.79 Å². The van der Waals surface area contributed by atoms with E-state index in [-0.39, 0.29) is 18.4 Å². The molecule has 0 saturated carbocycles. The zero-order valence-corrected chi connectivity index (χ0v) is 13.4. The van der Waals surface area contributed by atoms with Gasteiger partial charge in [0.2, 0.25) is 5.91 Å². The van der Waals surface area contributed by atoms with Gasteiger partial charge in [-0.2, -0.15) is 0 Å². The highest BCUT2D eigenvalue weighted by molar-refractivity contribution is 5.85. The summed E-state index contributed by atoms with van der Waals surface area (Å²) in [5.74, 6) is -3.32. The predicted molar refractivity (Wildman–Crippen MR) is 84.1 cm³/mol. The van der Waals surface area contributed by atoms with Gasteiger partial charge in [0.15, 0.2) is 0 Å². The molecule has 4 nitrogen and oxygen atoms in total. The number of rotatable bonds is 6. The van der Waals surface area contributed by atoms with Crippen LogP contribution in [0.2, 0.25) is 0 Å². The highest BCUT2D eigenvalue weighted by Crippen LogP contribution is 2.11. The molecule has 0 saturated heterocycles. The van der Waals surface area contributed by atoms with Gasteiger partial charge >= 0.3 is 5.97 Å². The normalized spacial score (nSPS) is 11.7. The molecule has 1 amide bonds. The average Bonchev–Trinajstić information content (AvgIpc) is 2.58. The molecule has 7 heteroatoms. The van der Waals surface area contributed by atoms with E-state index < -0.39 is 35.4 Å². The number of methoxy groups -OCH3 is 1. The molecule has 0 aliphatic rings. The third kappa shape index (κ3) is 5.34. The Morgan fingerprint density at radius 2 is 1.68 bits per heavy atom. The van der Waals surface area contributed by atoms with E-state index in [9.17, 15) is 22.8 Å². The summed E-state index contributed by atoms with van der Waals surface area (Å²) in [7, 11) is 1.17. The van der Waals surface area contributed by atoms with Gasteiger partial charge in [-0.05, 0) is 29.3 Å². The van der Waals surface area contributed by atoms with Crippen LogP contribution in [0.1, 0.15) is 11.1 Å². The maximum Gasteiger partial charge on any atom is 0.328 e. The molecule has 2 rings (SSSR count). The minimum Gasteiger partial charge on any atom is -0.467 e. The topological polar surface area (TPSA) is 55.4 Å². The van der Waals surface area contributed by atoms with Crippen molar-refractivity contribution in [2.45, 2.75) is 18.9 Å². The number of benzene rings is 2. The first-order valence-electron chi connectivity index (χ1n) is 7.44. The summed E-state index contributed by atoms with van der Waals surface area (Å²) in [4.78, 5) is 23.9. The number of nitrogens with one attached hydrogen (secondary N) is 1. The van der Waals surface area contributed by atoms with E-state index in [1.165, 1.54) is 31.4 Å². The van der Waals surface area contributed by atoms with Crippen molar-refractivity contribution in [1.29, 1.82) is 0 Å². The smallest absolute Gasteiger partial charge is 0.328 e. The van der Waals surface area contributed by atoms with E-state index in [0.29, 0.717) is 11.6 Å². The molecular formula is C18H16F3NO3. The van der Waals surface area contributed by atoms with E-state index in [0.717, 1.165) is 12.1 Å². The van der Waals surface area contributed by atoms with Crippen LogP contribution in [-0.4, -0.2) is 25.0 Å². The Morgan fingerprint density at radius 3 is 2.28 bits per heavy atom. The molecule has 25 heavy (non-hydrogen) atoms. The lowest BCUT2D eigenvalue weighted by Crippen LogP contribution is -2.43. The summed E-state index contributed by atoms with van der Waals surface area (Å²) in [5, 5.41) is 2.45. The first kappa shape index (κ1) is 18.5. The monoisotopic (exact) mass is 351 g/mol. The zero-order valence-electron chi connectivity index (χ0n) is 13.4. The van der Waals surface area contributed by atoms with Crippen LogP contribution in [0.4, 0.5) is 13.2 Å². The number of esters is 1. The van der Waals surface area contributed by atoms with E-state index in [1.807, 2.05) is 0 Å². The Hall–Kier alpha value is -2.83. The molecule has 0 heterocycles. The number of carbonyl (C=O) groups excluding carboxylic acids is 2. The van der Waals surface area contributed by atoms with Gasteiger partial charge in [-0.15, -0.1) is 0 Å². The summed E-state index contributed by atoms with van der Waals surface area (Å²) in [6, 6.07) is 7.32. The fourth-order valence-electron chi connectivity index (χ4n) is 2.28. The van der Waals surface area contributed by atoms with Crippen molar-refractivity contribution in [1.82, 2.24) is 5.32 Å². The van der Waals surface area contributed by atoms with Crippen LogP contribution in [0, 0.1) is 17.5 Å². The van der Waals surface area contributed by atoms with Crippen molar-refractivity contribution < 1.29 is 27.5 Å². The molecule has 132 valence electrons. The number of carbonyl (C=O) groups is 2.